The molecule has 1 unspecified atom stereocenters. The molecule has 2 rings (SSSR count). The predicted octanol–water partition coefficient (Wildman–Crippen LogP) is 1.11. The second-order valence-corrected chi connectivity index (χ2v) is 4.22. The molecule has 2 aromatic heterocycles. The lowest BCUT2D eigenvalue weighted by atomic mass is 10.0. The van der Waals surface area contributed by atoms with E-state index >= 15 is 0 Å². The predicted molar refractivity (Wildman–Crippen MR) is 71.4 cm³/mol. The number of hydrogen-bond donors (Lipinski definition) is 3. The Hall–Kier alpha value is -1.98. The third kappa shape index (κ3) is 3.03. The van der Waals surface area contributed by atoms with Crippen molar-refractivity contribution in [2.24, 2.45) is 5.84 Å². The van der Waals surface area contributed by atoms with Crippen LogP contribution in [0.2, 0.25) is 0 Å². The van der Waals surface area contributed by atoms with Crippen LogP contribution in [0, 0.1) is 6.92 Å². The number of aromatic nitrogens is 2. The van der Waals surface area contributed by atoms with Crippen LogP contribution in [0.3, 0.4) is 0 Å². The molecular formula is C13H17N5. The Labute approximate surface area is 106 Å². The van der Waals surface area contributed by atoms with Crippen LogP contribution >= 0.6 is 0 Å². The van der Waals surface area contributed by atoms with Crippen LogP contribution in [0.15, 0.2) is 36.5 Å². The maximum atomic E-state index is 5.66. The van der Waals surface area contributed by atoms with Gasteiger partial charge in [0.25, 0.3) is 0 Å². The molecule has 0 bridgehead atoms. The van der Waals surface area contributed by atoms with Crippen molar-refractivity contribution in [3.63, 3.8) is 0 Å². The number of nitrogens with zero attached hydrogens (tertiary/aromatic N) is 2. The Kier molecular flexibility index (Phi) is 3.86. The zero-order valence-electron chi connectivity index (χ0n) is 10.3. The Balaban J connectivity index is 2.19. The number of nitrogen functional groups attached to an aromatic ring is 1. The van der Waals surface area contributed by atoms with Crippen LogP contribution in [0.25, 0.3) is 0 Å². The second kappa shape index (κ2) is 5.57. The molecular weight excluding hydrogens is 226 g/mol. The van der Waals surface area contributed by atoms with Crippen LogP contribution in [-0.2, 0) is 6.42 Å². The minimum Gasteiger partial charge on any atom is -0.384 e. The highest BCUT2D eigenvalue weighted by atomic mass is 15.2. The highest BCUT2D eigenvalue weighted by Crippen LogP contribution is 2.16. The quantitative estimate of drug-likeness (QED) is 0.553. The van der Waals surface area contributed by atoms with Crippen LogP contribution < -0.4 is 17.0 Å². The molecule has 18 heavy (non-hydrogen) atoms. The van der Waals surface area contributed by atoms with E-state index in [0.717, 1.165) is 23.4 Å². The standard InChI is InChI=1S/C13H17N5/c1-9-3-2-4-11(17-9)12(18-15)7-10-5-6-16-13(14)8-10/h2-6,8,12,18H,7,15H2,1H3,(H2,14,16). The van der Waals surface area contributed by atoms with Gasteiger partial charge in [0.1, 0.15) is 5.82 Å². The zero-order valence-corrected chi connectivity index (χ0v) is 10.3. The number of nitrogens with two attached hydrogens (primary N) is 2. The monoisotopic (exact) mass is 243 g/mol. The van der Waals surface area contributed by atoms with Gasteiger partial charge in [-0.2, -0.15) is 0 Å². The summed E-state index contributed by atoms with van der Waals surface area (Å²) in [5.74, 6) is 6.12. The third-order valence-electron chi connectivity index (χ3n) is 2.75. The average Bonchev–Trinajstić information content (AvgIpc) is 2.36. The number of anilines is 1. The largest absolute Gasteiger partial charge is 0.384 e. The van der Waals surface area contributed by atoms with Crippen molar-refractivity contribution in [3.05, 3.63) is 53.5 Å². The third-order valence-corrected chi connectivity index (χ3v) is 2.75. The molecule has 0 saturated heterocycles. The van der Waals surface area contributed by atoms with E-state index in [4.69, 9.17) is 11.6 Å². The molecule has 0 aliphatic carbocycles. The Morgan fingerprint density at radius 3 is 2.83 bits per heavy atom. The van der Waals surface area contributed by atoms with Crippen molar-refractivity contribution in [1.29, 1.82) is 0 Å². The maximum absolute atomic E-state index is 5.66. The summed E-state index contributed by atoms with van der Waals surface area (Å²) < 4.78 is 0. The van der Waals surface area contributed by atoms with Gasteiger partial charge in [-0.15, -0.1) is 0 Å². The van der Waals surface area contributed by atoms with Gasteiger partial charge in [-0.25, -0.2) is 4.98 Å². The molecule has 0 radical (unpaired) electrons. The Morgan fingerprint density at radius 2 is 2.17 bits per heavy atom. The lowest BCUT2D eigenvalue weighted by Crippen LogP contribution is -2.30. The summed E-state index contributed by atoms with van der Waals surface area (Å²) in [6, 6.07) is 9.63. The molecule has 5 nitrogen and oxygen atoms in total. The van der Waals surface area contributed by atoms with Gasteiger partial charge in [0.2, 0.25) is 0 Å². The van der Waals surface area contributed by atoms with E-state index < -0.39 is 0 Å². The average molecular weight is 243 g/mol. The van der Waals surface area contributed by atoms with E-state index in [1.807, 2.05) is 37.3 Å². The fourth-order valence-electron chi connectivity index (χ4n) is 1.86. The maximum Gasteiger partial charge on any atom is 0.123 e. The molecule has 1 atom stereocenters. The molecule has 94 valence electrons. The van der Waals surface area contributed by atoms with Crippen molar-refractivity contribution in [2.75, 3.05) is 5.73 Å². The van der Waals surface area contributed by atoms with E-state index in [1.165, 1.54) is 0 Å². The Bertz CT molecular complexity index is 526. The molecule has 0 aliphatic rings. The number of hydrogen-bond acceptors (Lipinski definition) is 5. The van der Waals surface area contributed by atoms with Crippen molar-refractivity contribution in [2.45, 2.75) is 19.4 Å². The lowest BCUT2D eigenvalue weighted by molar-refractivity contribution is 0.537. The molecule has 5 heteroatoms. The van der Waals surface area contributed by atoms with Gasteiger partial charge in [-0.3, -0.25) is 16.3 Å². The van der Waals surface area contributed by atoms with Crippen molar-refractivity contribution in [1.82, 2.24) is 15.4 Å². The molecule has 0 saturated carbocycles. The highest BCUT2D eigenvalue weighted by Gasteiger charge is 2.12. The van der Waals surface area contributed by atoms with Crippen LogP contribution in [0.4, 0.5) is 5.82 Å². The summed E-state index contributed by atoms with van der Waals surface area (Å²) in [6.07, 6.45) is 2.42. The minimum atomic E-state index is -0.0355. The molecule has 0 spiro atoms. The van der Waals surface area contributed by atoms with Crippen LogP contribution in [0.1, 0.15) is 23.0 Å². The molecule has 2 heterocycles. The van der Waals surface area contributed by atoms with Crippen molar-refractivity contribution >= 4 is 5.82 Å². The molecule has 0 fully saturated rings. The first-order valence-electron chi connectivity index (χ1n) is 5.79. The molecule has 0 aromatic carbocycles. The Morgan fingerprint density at radius 1 is 1.33 bits per heavy atom. The van der Waals surface area contributed by atoms with Gasteiger partial charge < -0.3 is 5.73 Å². The van der Waals surface area contributed by atoms with Gasteiger partial charge >= 0.3 is 0 Å². The summed E-state index contributed by atoms with van der Waals surface area (Å²) in [6.45, 7) is 1.96. The number of rotatable bonds is 4. The van der Waals surface area contributed by atoms with E-state index in [-0.39, 0.29) is 6.04 Å². The summed E-state index contributed by atoms with van der Waals surface area (Å²) >= 11 is 0. The van der Waals surface area contributed by atoms with Crippen molar-refractivity contribution < 1.29 is 0 Å². The number of pyridine rings is 2. The first-order valence-corrected chi connectivity index (χ1v) is 5.79. The number of hydrazine groups is 1. The van der Waals surface area contributed by atoms with E-state index in [2.05, 4.69) is 15.4 Å². The van der Waals surface area contributed by atoms with Crippen LogP contribution in [0.5, 0.6) is 0 Å². The van der Waals surface area contributed by atoms with Gasteiger partial charge in [-0.05, 0) is 43.2 Å². The van der Waals surface area contributed by atoms with Gasteiger partial charge in [0.15, 0.2) is 0 Å². The molecule has 5 N–H and O–H groups in total. The fourth-order valence-corrected chi connectivity index (χ4v) is 1.86. The summed E-state index contributed by atoms with van der Waals surface area (Å²) in [7, 11) is 0. The van der Waals surface area contributed by atoms with E-state index in [1.54, 1.807) is 6.20 Å². The molecule has 0 aliphatic heterocycles. The summed E-state index contributed by atoms with van der Waals surface area (Å²) in [5.41, 5.74) is 11.4. The lowest BCUT2D eigenvalue weighted by Gasteiger charge is -2.16. The van der Waals surface area contributed by atoms with Gasteiger partial charge in [0.05, 0.1) is 11.7 Å². The van der Waals surface area contributed by atoms with E-state index in [0.29, 0.717) is 5.82 Å². The summed E-state index contributed by atoms with van der Waals surface area (Å²) in [4.78, 5) is 8.44. The summed E-state index contributed by atoms with van der Waals surface area (Å²) in [5, 5.41) is 0. The fraction of sp³-hybridized carbons (Fsp3) is 0.231. The normalized spacial score (nSPS) is 12.3. The van der Waals surface area contributed by atoms with Crippen LogP contribution in [-0.4, -0.2) is 9.97 Å². The van der Waals surface area contributed by atoms with Gasteiger partial charge in [-0.1, -0.05) is 6.07 Å². The molecule has 0 amide bonds. The second-order valence-electron chi connectivity index (χ2n) is 4.22. The number of nitrogens with one attached hydrogen (secondary N) is 1. The topological polar surface area (TPSA) is 89.8 Å². The first kappa shape index (κ1) is 12.5. The first-order chi connectivity index (χ1) is 8.69. The highest BCUT2D eigenvalue weighted by molar-refractivity contribution is 5.32. The zero-order chi connectivity index (χ0) is 13.0. The minimum absolute atomic E-state index is 0.0355. The smallest absolute Gasteiger partial charge is 0.123 e. The number of aryl methyl sites for hydroxylation is 1. The van der Waals surface area contributed by atoms with Crippen molar-refractivity contribution in [3.8, 4) is 0 Å². The van der Waals surface area contributed by atoms with E-state index in [9.17, 15) is 0 Å². The molecule has 2 aromatic rings. The SMILES string of the molecule is Cc1cccc(C(Cc2ccnc(N)c2)NN)n1. The van der Waals surface area contributed by atoms with Gasteiger partial charge in [0, 0.05) is 11.9 Å².